The van der Waals surface area contributed by atoms with Gasteiger partial charge >= 0.3 is 0 Å². The van der Waals surface area contributed by atoms with Gasteiger partial charge in [-0.3, -0.25) is 9.69 Å². The van der Waals surface area contributed by atoms with Crippen LogP contribution < -0.4 is 0 Å². The molecule has 1 aromatic rings. The Balaban J connectivity index is 1.99. The van der Waals surface area contributed by atoms with Gasteiger partial charge in [0.05, 0.1) is 6.61 Å². The first-order chi connectivity index (χ1) is 10.4. The Morgan fingerprint density at radius 2 is 2.09 bits per heavy atom. The first kappa shape index (κ1) is 16.8. The smallest absolute Gasteiger partial charge is 0.255 e. The van der Waals surface area contributed by atoms with Gasteiger partial charge in [0, 0.05) is 58.1 Å². The molecule has 2 rings (SSSR count). The molecule has 6 nitrogen and oxygen atoms in total. The number of aromatic nitrogens is 2. The number of amides is 1. The molecule has 0 bridgehead atoms. The molecule has 1 aliphatic heterocycles. The van der Waals surface area contributed by atoms with Crippen LogP contribution >= 0.6 is 0 Å². The first-order valence-electron chi connectivity index (χ1n) is 7.82. The Morgan fingerprint density at radius 3 is 2.68 bits per heavy atom. The number of nitrogens with zero attached hydrogens (tertiary/aromatic N) is 4. The standard InChI is InChI=1S/C16H26N4O2/c1-5-6-14-17-9-13(10-18-14)11-20-7-8-22-16(2,12-20)15(21)19(3)4/h9-10H,5-8,11-12H2,1-4H3. The third-order valence-corrected chi connectivity index (χ3v) is 3.85. The SMILES string of the molecule is CCCc1ncc(CN2CCOC(C)(C(=O)N(C)C)C2)cn1. The summed E-state index contributed by atoms with van der Waals surface area (Å²) < 4.78 is 5.74. The highest BCUT2D eigenvalue weighted by molar-refractivity contribution is 5.84. The Kier molecular flexibility index (Phi) is 5.47. The molecule has 0 saturated carbocycles. The predicted octanol–water partition coefficient (Wildman–Crippen LogP) is 1.11. The average Bonchev–Trinajstić information content (AvgIpc) is 2.49. The lowest BCUT2D eigenvalue weighted by molar-refractivity contribution is -0.165. The van der Waals surface area contributed by atoms with Gasteiger partial charge < -0.3 is 9.64 Å². The van der Waals surface area contributed by atoms with E-state index in [1.807, 2.05) is 19.3 Å². The second-order valence-electron chi connectivity index (χ2n) is 6.25. The van der Waals surface area contributed by atoms with Crippen LogP contribution in [0.4, 0.5) is 0 Å². The fourth-order valence-electron chi connectivity index (χ4n) is 2.76. The number of morpholine rings is 1. The molecule has 0 spiro atoms. The Morgan fingerprint density at radius 1 is 1.41 bits per heavy atom. The van der Waals surface area contributed by atoms with Gasteiger partial charge in [-0.05, 0) is 13.3 Å². The number of rotatable bonds is 5. The molecular weight excluding hydrogens is 280 g/mol. The van der Waals surface area contributed by atoms with Crippen LogP contribution in [0.3, 0.4) is 0 Å². The zero-order valence-corrected chi connectivity index (χ0v) is 14.0. The van der Waals surface area contributed by atoms with Crippen LogP contribution in [-0.4, -0.2) is 65.1 Å². The third kappa shape index (κ3) is 4.01. The largest absolute Gasteiger partial charge is 0.363 e. The molecule has 1 amide bonds. The van der Waals surface area contributed by atoms with Crippen molar-refractivity contribution in [3.05, 3.63) is 23.8 Å². The van der Waals surface area contributed by atoms with E-state index in [9.17, 15) is 4.79 Å². The number of hydrogen-bond acceptors (Lipinski definition) is 5. The molecule has 0 aliphatic carbocycles. The molecule has 22 heavy (non-hydrogen) atoms. The van der Waals surface area contributed by atoms with Crippen molar-refractivity contribution in [3.63, 3.8) is 0 Å². The number of carbonyl (C=O) groups excluding carboxylic acids is 1. The second kappa shape index (κ2) is 7.15. The van der Waals surface area contributed by atoms with Gasteiger partial charge in [0.25, 0.3) is 5.91 Å². The predicted molar refractivity (Wildman–Crippen MR) is 84.4 cm³/mol. The molecular formula is C16H26N4O2. The van der Waals surface area contributed by atoms with Gasteiger partial charge in [-0.15, -0.1) is 0 Å². The summed E-state index contributed by atoms with van der Waals surface area (Å²) in [5, 5.41) is 0. The zero-order chi connectivity index (χ0) is 16.2. The van der Waals surface area contributed by atoms with E-state index in [0.717, 1.165) is 37.3 Å². The van der Waals surface area contributed by atoms with E-state index in [2.05, 4.69) is 21.8 Å². The van der Waals surface area contributed by atoms with Crippen molar-refractivity contribution >= 4 is 5.91 Å². The van der Waals surface area contributed by atoms with Gasteiger partial charge in [-0.1, -0.05) is 6.92 Å². The van der Waals surface area contributed by atoms with Gasteiger partial charge in [-0.25, -0.2) is 9.97 Å². The van der Waals surface area contributed by atoms with Crippen molar-refractivity contribution in [2.24, 2.45) is 0 Å². The first-order valence-corrected chi connectivity index (χ1v) is 7.82. The van der Waals surface area contributed by atoms with Crippen LogP contribution in [0.2, 0.25) is 0 Å². The number of aryl methyl sites for hydroxylation is 1. The van der Waals surface area contributed by atoms with E-state index in [0.29, 0.717) is 13.2 Å². The van der Waals surface area contributed by atoms with Crippen molar-refractivity contribution in [1.29, 1.82) is 0 Å². The Bertz CT molecular complexity index is 503. The quantitative estimate of drug-likeness (QED) is 0.815. The third-order valence-electron chi connectivity index (χ3n) is 3.85. The molecule has 1 unspecified atom stereocenters. The van der Waals surface area contributed by atoms with E-state index in [1.54, 1.807) is 19.0 Å². The summed E-state index contributed by atoms with van der Waals surface area (Å²) in [4.78, 5) is 24.9. The van der Waals surface area contributed by atoms with Crippen LogP contribution in [0.1, 0.15) is 31.7 Å². The number of hydrogen-bond donors (Lipinski definition) is 0. The minimum Gasteiger partial charge on any atom is -0.363 e. The van der Waals surface area contributed by atoms with E-state index in [1.165, 1.54) is 0 Å². The van der Waals surface area contributed by atoms with Crippen LogP contribution in [0.15, 0.2) is 12.4 Å². The summed E-state index contributed by atoms with van der Waals surface area (Å²) in [5.74, 6) is 0.896. The molecule has 6 heteroatoms. The van der Waals surface area contributed by atoms with Gasteiger partial charge in [0.1, 0.15) is 5.82 Å². The maximum Gasteiger partial charge on any atom is 0.255 e. The van der Waals surface area contributed by atoms with E-state index >= 15 is 0 Å². The van der Waals surface area contributed by atoms with E-state index < -0.39 is 5.60 Å². The number of likely N-dealkylation sites (N-methyl/N-ethyl adjacent to an activating group) is 1. The molecule has 1 aromatic heterocycles. The molecule has 0 aromatic carbocycles. The number of carbonyl (C=O) groups is 1. The Hall–Kier alpha value is -1.53. The van der Waals surface area contributed by atoms with Crippen molar-refractivity contribution in [1.82, 2.24) is 19.8 Å². The van der Waals surface area contributed by atoms with Crippen molar-refractivity contribution < 1.29 is 9.53 Å². The highest BCUT2D eigenvalue weighted by Gasteiger charge is 2.40. The van der Waals surface area contributed by atoms with Crippen molar-refractivity contribution in [2.45, 2.75) is 38.8 Å². The lowest BCUT2D eigenvalue weighted by atomic mass is 10.0. The highest BCUT2D eigenvalue weighted by atomic mass is 16.5. The van der Waals surface area contributed by atoms with Crippen LogP contribution in [0.25, 0.3) is 0 Å². The van der Waals surface area contributed by atoms with Crippen LogP contribution in [0.5, 0.6) is 0 Å². The summed E-state index contributed by atoms with van der Waals surface area (Å²) in [7, 11) is 3.52. The monoisotopic (exact) mass is 306 g/mol. The summed E-state index contributed by atoms with van der Waals surface area (Å²) >= 11 is 0. The maximum absolute atomic E-state index is 12.3. The van der Waals surface area contributed by atoms with Gasteiger partial charge in [0.15, 0.2) is 5.60 Å². The molecule has 2 heterocycles. The fraction of sp³-hybridized carbons (Fsp3) is 0.688. The summed E-state index contributed by atoms with van der Waals surface area (Å²) in [6.07, 6.45) is 5.73. The van der Waals surface area contributed by atoms with Crippen LogP contribution in [0, 0.1) is 0 Å². The van der Waals surface area contributed by atoms with Crippen molar-refractivity contribution in [2.75, 3.05) is 33.8 Å². The lowest BCUT2D eigenvalue weighted by Crippen LogP contribution is -2.57. The second-order valence-corrected chi connectivity index (χ2v) is 6.25. The summed E-state index contributed by atoms with van der Waals surface area (Å²) in [5.41, 5.74) is 0.298. The van der Waals surface area contributed by atoms with Crippen molar-refractivity contribution in [3.8, 4) is 0 Å². The average molecular weight is 306 g/mol. The molecule has 1 atom stereocenters. The molecule has 1 fully saturated rings. The Labute approximate surface area is 132 Å². The van der Waals surface area contributed by atoms with E-state index in [-0.39, 0.29) is 5.91 Å². The molecule has 0 N–H and O–H groups in total. The molecule has 1 saturated heterocycles. The summed E-state index contributed by atoms with van der Waals surface area (Å²) in [6.45, 7) is 6.68. The number of ether oxygens (including phenoxy) is 1. The minimum absolute atomic E-state index is 0.00624. The van der Waals surface area contributed by atoms with Gasteiger partial charge in [-0.2, -0.15) is 0 Å². The highest BCUT2D eigenvalue weighted by Crippen LogP contribution is 2.21. The topological polar surface area (TPSA) is 58.6 Å². The molecule has 122 valence electrons. The van der Waals surface area contributed by atoms with E-state index in [4.69, 9.17) is 4.74 Å². The van der Waals surface area contributed by atoms with Crippen LogP contribution in [-0.2, 0) is 22.5 Å². The maximum atomic E-state index is 12.3. The molecule has 1 aliphatic rings. The minimum atomic E-state index is -0.773. The fourth-order valence-corrected chi connectivity index (χ4v) is 2.76. The summed E-state index contributed by atoms with van der Waals surface area (Å²) in [6, 6.07) is 0. The van der Waals surface area contributed by atoms with Gasteiger partial charge in [0.2, 0.25) is 0 Å². The zero-order valence-electron chi connectivity index (χ0n) is 14.0. The lowest BCUT2D eigenvalue weighted by Gasteiger charge is -2.40. The molecule has 0 radical (unpaired) electrons. The normalized spacial score (nSPS) is 22.5.